The summed E-state index contributed by atoms with van der Waals surface area (Å²) in [6.07, 6.45) is 0.935. The minimum absolute atomic E-state index is 0.0594. The monoisotopic (exact) mass is 365 g/mol. The number of anilines is 1. The van der Waals surface area contributed by atoms with Gasteiger partial charge in [-0.3, -0.25) is 10.2 Å². The molecule has 0 fully saturated rings. The zero-order valence-electron chi connectivity index (χ0n) is 15.5. The number of rotatable bonds is 2. The fourth-order valence-corrected chi connectivity index (χ4v) is 4.46. The molecule has 1 atom stereocenters. The van der Waals surface area contributed by atoms with E-state index in [2.05, 4.69) is 79.9 Å². The Morgan fingerprint density at radius 3 is 2.50 bits per heavy atom. The molecule has 5 heteroatoms. The number of nitrogens with zero attached hydrogens (tertiary/aromatic N) is 1. The fraction of sp³-hybridized carbons (Fsp3) is 0.333. The number of fused-ring (bicyclic) bond motifs is 2. The van der Waals surface area contributed by atoms with Crippen molar-refractivity contribution >= 4 is 28.4 Å². The second-order valence-electron chi connectivity index (χ2n) is 7.83. The van der Waals surface area contributed by atoms with E-state index in [1.165, 1.54) is 22.9 Å². The van der Waals surface area contributed by atoms with Gasteiger partial charge in [0.1, 0.15) is 5.04 Å². The summed E-state index contributed by atoms with van der Waals surface area (Å²) in [7, 11) is 0. The van der Waals surface area contributed by atoms with Crippen LogP contribution in [0.2, 0.25) is 0 Å². The highest BCUT2D eigenvalue weighted by atomic mass is 32.2. The molecule has 4 nitrogen and oxygen atoms in total. The molecule has 0 saturated carbocycles. The lowest BCUT2D eigenvalue weighted by Gasteiger charge is -2.21. The maximum absolute atomic E-state index is 12.7. The van der Waals surface area contributed by atoms with Crippen molar-refractivity contribution in [1.29, 1.82) is 0 Å². The Bertz CT molecular complexity index is 912. The number of benzene rings is 2. The van der Waals surface area contributed by atoms with Gasteiger partial charge in [-0.15, -0.1) is 0 Å². The van der Waals surface area contributed by atoms with Crippen LogP contribution >= 0.6 is 11.8 Å². The number of hydrogen-bond acceptors (Lipinski definition) is 4. The largest absolute Gasteiger partial charge is 0.323 e. The van der Waals surface area contributed by atoms with Gasteiger partial charge in [-0.25, -0.2) is 0 Å². The Morgan fingerprint density at radius 2 is 1.85 bits per heavy atom. The number of hydrogen-bond donors (Lipinski definition) is 2. The van der Waals surface area contributed by atoms with Crippen LogP contribution in [0.25, 0.3) is 0 Å². The van der Waals surface area contributed by atoms with Crippen molar-refractivity contribution in [3.8, 4) is 0 Å². The number of carbonyl (C=O) groups is 1. The Balaban J connectivity index is 1.65. The lowest BCUT2D eigenvalue weighted by Crippen LogP contribution is -2.39. The summed E-state index contributed by atoms with van der Waals surface area (Å²) in [6, 6.07) is 14.6. The van der Waals surface area contributed by atoms with Crippen molar-refractivity contribution in [2.45, 2.75) is 44.4 Å². The number of aryl methyl sites for hydroxylation is 1. The molecular weight excluding hydrogens is 342 g/mol. The number of amides is 1. The topological polar surface area (TPSA) is 53.5 Å². The van der Waals surface area contributed by atoms with Crippen LogP contribution in [0.1, 0.15) is 49.9 Å². The van der Waals surface area contributed by atoms with E-state index in [1.54, 1.807) is 0 Å². The maximum Gasteiger partial charge on any atom is 0.267 e. The van der Waals surface area contributed by atoms with E-state index in [9.17, 15) is 4.79 Å². The second-order valence-corrected chi connectivity index (χ2v) is 9.03. The summed E-state index contributed by atoms with van der Waals surface area (Å²) in [4.78, 5) is 11.9. The SMILES string of the molecule is CCc1ccc2c(c1)C1(NN=C(c3ccc(C(C)(C)C)cc3)S1)C(=O)N2. The van der Waals surface area contributed by atoms with Crippen molar-refractivity contribution in [2.24, 2.45) is 5.10 Å². The van der Waals surface area contributed by atoms with Crippen LogP contribution in [-0.2, 0) is 21.5 Å². The van der Waals surface area contributed by atoms with E-state index >= 15 is 0 Å². The molecule has 1 unspecified atom stereocenters. The number of thioether (sulfide) groups is 1. The number of hydrazone groups is 1. The molecule has 134 valence electrons. The molecule has 4 rings (SSSR count). The van der Waals surface area contributed by atoms with Gasteiger partial charge in [-0.05, 0) is 35.1 Å². The average molecular weight is 366 g/mol. The van der Waals surface area contributed by atoms with E-state index in [1.807, 2.05) is 6.07 Å². The van der Waals surface area contributed by atoms with Crippen molar-refractivity contribution < 1.29 is 4.79 Å². The molecule has 1 spiro atoms. The first kappa shape index (κ1) is 17.2. The molecule has 2 N–H and O–H groups in total. The summed E-state index contributed by atoms with van der Waals surface area (Å²) in [5, 5.41) is 8.34. The smallest absolute Gasteiger partial charge is 0.267 e. The number of carbonyl (C=O) groups excluding carboxylic acids is 1. The third-order valence-electron chi connectivity index (χ3n) is 5.00. The highest BCUT2D eigenvalue weighted by molar-refractivity contribution is 8.16. The van der Waals surface area contributed by atoms with Gasteiger partial charge in [0.25, 0.3) is 5.91 Å². The Labute approximate surface area is 158 Å². The number of nitrogens with one attached hydrogen (secondary N) is 2. The van der Waals surface area contributed by atoms with Gasteiger partial charge in [0.2, 0.25) is 4.87 Å². The van der Waals surface area contributed by atoms with Gasteiger partial charge >= 0.3 is 0 Å². The fourth-order valence-electron chi connectivity index (χ4n) is 3.31. The molecule has 0 aromatic heterocycles. The van der Waals surface area contributed by atoms with Gasteiger partial charge in [0.05, 0.1) is 0 Å². The third-order valence-corrected chi connectivity index (χ3v) is 6.33. The van der Waals surface area contributed by atoms with Crippen LogP contribution in [-0.4, -0.2) is 11.0 Å². The second kappa shape index (κ2) is 5.88. The van der Waals surface area contributed by atoms with Crippen LogP contribution < -0.4 is 10.7 Å². The van der Waals surface area contributed by atoms with Crippen LogP contribution in [0, 0.1) is 0 Å². The van der Waals surface area contributed by atoms with Gasteiger partial charge in [-0.2, -0.15) is 5.10 Å². The lowest BCUT2D eigenvalue weighted by molar-refractivity contribution is -0.118. The van der Waals surface area contributed by atoms with Crippen LogP contribution in [0.15, 0.2) is 47.6 Å². The minimum Gasteiger partial charge on any atom is -0.323 e. The molecule has 0 bridgehead atoms. The lowest BCUT2D eigenvalue weighted by atomic mass is 9.87. The molecule has 26 heavy (non-hydrogen) atoms. The standard InChI is InChI=1S/C21H23N3OS/c1-5-13-6-11-17-16(12-13)21(19(25)22-17)24-23-18(26-21)14-7-9-15(10-8-14)20(2,3)4/h6-12,24H,5H2,1-4H3,(H,22,25). The van der Waals surface area contributed by atoms with Crippen molar-refractivity contribution in [3.63, 3.8) is 0 Å². The molecular formula is C21H23N3OS. The van der Waals surface area contributed by atoms with Crippen LogP contribution in [0.3, 0.4) is 0 Å². The first-order valence-electron chi connectivity index (χ1n) is 8.93. The quantitative estimate of drug-likeness (QED) is 0.832. The van der Waals surface area contributed by atoms with E-state index < -0.39 is 4.87 Å². The van der Waals surface area contributed by atoms with Crippen LogP contribution in [0.5, 0.6) is 0 Å². The molecule has 0 saturated heterocycles. The van der Waals surface area contributed by atoms with Gasteiger partial charge in [0, 0.05) is 16.8 Å². The molecule has 1 amide bonds. The molecule has 2 aliphatic heterocycles. The molecule has 0 radical (unpaired) electrons. The van der Waals surface area contributed by atoms with E-state index in [4.69, 9.17) is 0 Å². The van der Waals surface area contributed by atoms with Gasteiger partial charge in [-0.1, -0.05) is 69.8 Å². The molecule has 0 aliphatic carbocycles. The van der Waals surface area contributed by atoms with Crippen molar-refractivity contribution in [3.05, 3.63) is 64.7 Å². The van der Waals surface area contributed by atoms with Gasteiger partial charge in [0.15, 0.2) is 0 Å². The summed E-state index contributed by atoms with van der Waals surface area (Å²) in [6.45, 7) is 8.72. The minimum atomic E-state index is -0.863. The van der Waals surface area contributed by atoms with Crippen molar-refractivity contribution in [1.82, 2.24) is 5.43 Å². The molecule has 2 aliphatic rings. The third kappa shape index (κ3) is 2.62. The summed E-state index contributed by atoms with van der Waals surface area (Å²) in [5.74, 6) is -0.0594. The summed E-state index contributed by atoms with van der Waals surface area (Å²) in [5.41, 5.74) is 8.60. The molecule has 2 aromatic rings. The molecule has 2 aromatic carbocycles. The highest BCUT2D eigenvalue weighted by Crippen LogP contribution is 2.48. The van der Waals surface area contributed by atoms with Crippen molar-refractivity contribution in [2.75, 3.05) is 5.32 Å². The first-order chi connectivity index (χ1) is 12.3. The first-order valence-corrected chi connectivity index (χ1v) is 9.75. The molecule has 2 heterocycles. The van der Waals surface area contributed by atoms with Crippen LogP contribution in [0.4, 0.5) is 5.69 Å². The van der Waals surface area contributed by atoms with E-state index in [0.29, 0.717) is 0 Å². The summed E-state index contributed by atoms with van der Waals surface area (Å²) < 4.78 is 0. The van der Waals surface area contributed by atoms with E-state index in [0.717, 1.165) is 28.3 Å². The predicted octanol–water partition coefficient (Wildman–Crippen LogP) is 4.35. The van der Waals surface area contributed by atoms with Gasteiger partial charge < -0.3 is 5.32 Å². The normalized spacial score (nSPS) is 21.4. The average Bonchev–Trinajstić information content (AvgIpc) is 3.18. The zero-order chi connectivity index (χ0) is 18.5. The Hall–Kier alpha value is -2.27. The highest BCUT2D eigenvalue weighted by Gasteiger charge is 2.52. The Kier molecular flexibility index (Phi) is 3.88. The zero-order valence-corrected chi connectivity index (χ0v) is 16.3. The van der Waals surface area contributed by atoms with E-state index in [-0.39, 0.29) is 11.3 Å². The maximum atomic E-state index is 12.7. The predicted molar refractivity (Wildman–Crippen MR) is 109 cm³/mol. The summed E-state index contributed by atoms with van der Waals surface area (Å²) >= 11 is 1.48. The Morgan fingerprint density at radius 1 is 1.12 bits per heavy atom.